The first-order valence-electron chi connectivity index (χ1n) is 20.5. The lowest BCUT2D eigenvalue weighted by Crippen LogP contribution is -2.08. The summed E-state index contributed by atoms with van der Waals surface area (Å²) in [4.78, 5) is 22.4. The monoisotopic (exact) mass is 663 g/mol. The molecule has 0 radical (unpaired) electrons. The van der Waals surface area contributed by atoms with Gasteiger partial charge in [0, 0.05) is 11.1 Å². The third-order valence-electron chi connectivity index (χ3n) is 9.14. The maximum Gasteiger partial charge on any atom is 0.333 e. The van der Waals surface area contributed by atoms with E-state index in [0.29, 0.717) is 17.8 Å². The Kier molecular flexibility index (Phi) is 41.1. The van der Waals surface area contributed by atoms with Crippen LogP contribution in [-0.4, -0.2) is 25.7 Å². The van der Waals surface area contributed by atoms with Crippen molar-refractivity contribution in [2.24, 2.45) is 0 Å². The number of esters is 2. The molecule has 0 aliphatic rings. The molecule has 0 aliphatic heterocycles. The van der Waals surface area contributed by atoms with Crippen LogP contribution in [0.4, 0.5) is 0 Å². The predicted molar refractivity (Wildman–Crippen MR) is 206 cm³/mol. The number of hydrogen-bond acceptors (Lipinski definition) is 4. The highest BCUT2D eigenvalue weighted by Gasteiger charge is 2.08. The Bertz CT molecular complexity index is 698. The third-order valence-corrected chi connectivity index (χ3v) is 9.14. The van der Waals surface area contributed by atoms with Gasteiger partial charge in [0.1, 0.15) is 0 Å². The fourth-order valence-electron chi connectivity index (χ4n) is 5.90. The highest BCUT2D eigenvalue weighted by atomic mass is 16.5. The van der Waals surface area contributed by atoms with E-state index in [1.165, 1.54) is 193 Å². The molecule has 0 heterocycles. The van der Waals surface area contributed by atoms with E-state index in [1.54, 1.807) is 6.92 Å². The molecule has 0 saturated heterocycles. The molecule has 4 nitrogen and oxygen atoms in total. The van der Waals surface area contributed by atoms with E-state index in [4.69, 9.17) is 4.74 Å². The number of carbonyl (C=O) groups excluding carboxylic acids is 2. The average molecular weight is 663 g/mol. The Balaban J connectivity index is 0. The van der Waals surface area contributed by atoms with Gasteiger partial charge in [-0.1, -0.05) is 213 Å². The summed E-state index contributed by atoms with van der Waals surface area (Å²) in [6.07, 6.45) is 43.1. The van der Waals surface area contributed by atoms with Crippen LogP contribution < -0.4 is 0 Å². The van der Waals surface area contributed by atoms with E-state index in [-0.39, 0.29) is 11.9 Å². The molecule has 0 spiro atoms. The summed E-state index contributed by atoms with van der Waals surface area (Å²) in [6.45, 7) is 14.1. The highest BCUT2D eigenvalue weighted by Crippen LogP contribution is 2.16. The van der Waals surface area contributed by atoms with E-state index in [1.807, 2.05) is 0 Å². The third kappa shape index (κ3) is 40.5. The van der Waals surface area contributed by atoms with E-state index < -0.39 is 0 Å². The molecule has 0 aromatic heterocycles. The van der Waals surface area contributed by atoms with Crippen molar-refractivity contribution in [2.75, 3.05) is 13.7 Å². The molecular formula is C43H82O4. The Morgan fingerprint density at radius 1 is 0.426 bits per heavy atom. The van der Waals surface area contributed by atoms with Crippen molar-refractivity contribution in [2.45, 2.75) is 226 Å². The topological polar surface area (TPSA) is 52.6 Å². The van der Waals surface area contributed by atoms with Crippen molar-refractivity contribution in [1.29, 1.82) is 0 Å². The lowest BCUT2D eigenvalue weighted by atomic mass is 10.0. The molecule has 47 heavy (non-hydrogen) atoms. The summed E-state index contributed by atoms with van der Waals surface area (Å²) in [5.74, 6) is -0.508. The summed E-state index contributed by atoms with van der Waals surface area (Å²) < 4.78 is 9.73. The first-order valence-corrected chi connectivity index (χ1v) is 20.5. The fraction of sp³-hybridized carbons (Fsp3) is 0.860. The molecule has 0 aliphatic carbocycles. The normalized spacial score (nSPS) is 10.7. The van der Waals surface area contributed by atoms with Gasteiger partial charge >= 0.3 is 11.9 Å². The Hall–Kier alpha value is -1.58. The van der Waals surface area contributed by atoms with E-state index in [0.717, 1.165) is 19.3 Å². The van der Waals surface area contributed by atoms with Gasteiger partial charge in [-0.2, -0.15) is 0 Å². The standard InChI is InChI=1S/C38H74O2.C5H8O2/c1-4-6-8-10-12-14-16-18-20-22-24-26-28-30-32-34-36-40-38(39)37(3)35-33-31-29-27-25-23-21-19-17-15-13-11-9-7-5-2;1-4(2)5(6)7-3/h3-36H2,1-2H3;1H2,2-3H3. The van der Waals surface area contributed by atoms with Gasteiger partial charge in [-0.05, 0) is 26.2 Å². The van der Waals surface area contributed by atoms with Crippen LogP contribution in [0.2, 0.25) is 0 Å². The van der Waals surface area contributed by atoms with Crippen LogP contribution >= 0.6 is 0 Å². The Morgan fingerprint density at radius 2 is 0.702 bits per heavy atom. The molecule has 4 heteroatoms. The predicted octanol–water partition coefficient (Wildman–Crippen LogP) is 14.3. The van der Waals surface area contributed by atoms with Crippen LogP contribution in [0.15, 0.2) is 24.3 Å². The summed E-state index contributed by atoms with van der Waals surface area (Å²) in [5, 5.41) is 0. The minimum absolute atomic E-state index is 0.161. The molecule has 0 aromatic rings. The van der Waals surface area contributed by atoms with E-state index >= 15 is 0 Å². The molecule has 0 rings (SSSR count). The van der Waals surface area contributed by atoms with Crippen LogP contribution in [0.5, 0.6) is 0 Å². The summed E-state index contributed by atoms with van der Waals surface area (Å²) in [5.41, 5.74) is 1.11. The smallest absolute Gasteiger partial charge is 0.333 e. The van der Waals surface area contributed by atoms with E-state index in [2.05, 4.69) is 31.7 Å². The number of methoxy groups -OCH3 is 1. The van der Waals surface area contributed by atoms with Crippen molar-refractivity contribution in [1.82, 2.24) is 0 Å². The van der Waals surface area contributed by atoms with Gasteiger partial charge in [0.25, 0.3) is 0 Å². The van der Waals surface area contributed by atoms with E-state index in [9.17, 15) is 9.59 Å². The summed E-state index contributed by atoms with van der Waals surface area (Å²) >= 11 is 0. The molecule has 0 aromatic carbocycles. The minimum atomic E-state index is -0.347. The van der Waals surface area contributed by atoms with Crippen molar-refractivity contribution in [3.05, 3.63) is 24.3 Å². The lowest BCUT2D eigenvalue weighted by Gasteiger charge is -2.07. The Labute approximate surface area is 294 Å². The highest BCUT2D eigenvalue weighted by molar-refractivity contribution is 5.87. The number of rotatable bonds is 35. The average Bonchev–Trinajstić information content (AvgIpc) is 3.07. The molecular weight excluding hydrogens is 580 g/mol. The fourth-order valence-corrected chi connectivity index (χ4v) is 5.90. The number of ether oxygens (including phenoxy) is 2. The SMILES string of the molecule is C=C(C)C(=O)OC.C=C(CCCCCCCCCCCCCCCCC)C(=O)OCCCCCCCCCCCCCCCCCC. The van der Waals surface area contributed by atoms with Crippen LogP contribution in [0, 0.1) is 0 Å². The second-order valence-electron chi connectivity index (χ2n) is 14.0. The first-order chi connectivity index (χ1) is 22.9. The molecule has 0 fully saturated rings. The Morgan fingerprint density at radius 3 is 0.957 bits per heavy atom. The van der Waals surface area contributed by atoms with Crippen molar-refractivity contribution in [3.63, 3.8) is 0 Å². The lowest BCUT2D eigenvalue weighted by molar-refractivity contribution is -0.139. The van der Waals surface area contributed by atoms with Gasteiger partial charge in [0.05, 0.1) is 13.7 Å². The summed E-state index contributed by atoms with van der Waals surface area (Å²) in [6, 6.07) is 0. The number of carbonyl (C=O) groups is 2. The van der Waals surface area contributed by atoms with Crippen molar-refractivity contribution >= 4 is 11.9 Å². The zero-order valence-electron chi connectivity index (χ0n) is 32.4. The quantitative estimate of drug-likeness (QED) is 0.0385. The number of unbranched alkanes of at least 4 members (excludes halogenated alkanes) is 29. The van der Waals surface area contributed by atoms with Crippen molar-refractivity contribution < 1.29 is 19.1 Å². The second-order valence-corrected chi connectivity index (χ2v) is 14.0. The maximum atomic E-state index is 12.2. The maximum absolute atomic E-state index is 12.2. The molecule has 0 unspecified atom stereocenters. The van der Waals surface area contributed by atoms with Gasteiger partial charge in [0.2, 0.25) is 0 Å². The van der Waals surface area contributed by atoms with Crippen molar-refractivity contribution in [3.8, 4) is 0 Å². The number of hydrogen-bond donors (Lipinski definition) is 0. The van der Waals surface area contributed by atoms with Gasteiger partial charge in [-0.3, -0.25) is 0 Å². The van der Waals surface area contributed by atoms with Gasteiger partial charge < -0.3 is 9.47 Å². The summed E-state index contributed by atoms with van der Waals surface area (Å²) in [7, 11) is 1.33. The molecule has 278 valence electrons. The molecule has 0 amide bonds. The van der Waals surface area contributed by atoms with Crippen LogP contribution in [-0.2, 0) is 19.1 Å². The molecule has 0 N–H and O–H groups in total. The first kappa shape index (κ1) is 47.5. The van der Waals surface area contributed by atoms with Gasteiger partial charge in [0.15, 0.2) is 0 Å². The molecule has 0 saturated carbocycles. The van der Waals surface area contributed by atoms with Crippen LogP contribution in [0.1, 0.15) is 226 Å². The zero-order valence-corrected chi connectivity index (χ0v) is 32.4. The molecule has 0 atom stereocenters. The van der Waals surface area contributed by atoms with Gasteiger partial charge in [-0.15, -0.1) is 0 Å². The van der Waals surface area contributed by atoms with Gasteiger partial charge in [-0.25, -0.2) is 9.59 Å². The zero-order chi connectivity index (χ0) is 35.1. The molecule has 0 bridgehead atoms. The second kappa shape index (κ2) is 40.6. The van der Waals surface area contributed by atoms with Crippen LogP contribution in [0.3, 0.4) is 0 Å². The minimum Gasteiger partial charge on any atom is -0.466 e. The largest absolute Gasteiger partial charge is 0.466 e. The van der Waals surface area contributed by atoms with Crippen LogP contribution in [0.25, 0.3) is 0 Å².